The van der Waals surface area contributed by atoms with Crippen LogP contribution in [0.1, 0.15) is 49.2 Å². The Morgan fingerprint density at radius 3 is 2.76 bits per heavy atom. The SMILES string of the molecule is CCC(C)n1ccc(CC(NN)c2cc(C)cc(F)c2)n1. The molecule has 0 aliphatic heterocycles. The Balaban J connectivity index is 2.17. The molecule has 114 valence electrons. The van der Waals surface area contributed by atoms with Crippen LogP contribution in [0, 0.1) is 12.7 Å². The lowest BCUT2D eigenvalue weighted by Gasteiger charge is -2.16. The molecule has 2 aromatic rings. The average Bonchev–Trinajstić information content (AvgIpc) is 2.91. The van der Waals surface area contributed by atoms with Crippen LogP contribution in [0.25, 0.3) is 0 Å². The van der Waals surface area contributed by atoms with Gasteiger partial charge >= 0.3 is 0 Å². The zero-order chi connectivity index (χ0) is 15.4. The average molecular weight is 290 g/mol. The summed E-state index contributed by atoms with van der Waals surface area (Å²) in [5, 5.41) is 4.57. The summed E-state index contributed by atoms with van der Waals surface area (Å²) < 4.78 is 15.5. The van der Waals surface area contributed by atoms with E-state index < -0.39 is 0 Å². The summed E-state index contributed by atoms with van der Waals surface area (Å²) in [5.41, 5.74) is 5.43. The van der Waals surface area contributed by atoms with Crippen LogP contribution in [-0.2, 0) is 6.42 Å². The minimum atomic E-state index is -0.240. The zero-order valence-corrected chi connectivity index (χ0v) is 12.8. The van der Waals surface area contributed by atoms with Crippen molar-refractivity contribution < 1.29 is 4.39 Å². The van der Waals surface area contributed by atoms with E-state index in [0.29, 0.717) is 12.5 Å². The van der Waals surface area contributed by atoms with Crippen LogP contribution in [0.2, 0.25) is 0 Å². The number of hydrogen-bond donors (Lipinski definition) is 2. The van der Waals surface area contributed by atoms with E-state index in [-0.39, 0.29) is 11.9 Å². The first-order valence-corrected chi connectivity index (χ1v) is 7.30. The quantitative estimate of drug-likeness (QED) is 0.635. The number of aryl methyl sites for hydroxylation is 1. The monoisotopic (exact) mass is 290 g/mol. The Kier molecular flexibility index (Phi) is 5.09. The molecule has 2 rings (SSSR count). The Morgan fingerprint density at radius 2 is 2.14 bits per heavy atom. The Hall–Kier alpha value is -1.72. The van der Waals surface area contributed by atoms with Gasteiger partial charge in [0, 0.05) is 18.7 Å². The van der Waals surface area contributed by atoms with Crippen LogP contribution >= 0.6 is 0 Å². The Labute approximate surface area is 125 Å². The molecule has 2 unspecified atom stereocenters. The molecule has 0 amide bonds. The number of hydrogen-bond acceptors (Lipinski definition) is 3. The van der Waals surface area contributed by atoms with Gasteiger partial charge in [-0.1, -0.05) is 13.0 Å². The summed E-state index contributed by atoms with van der Waals surface area (Å²) >= 11 is 0. The van der Waals surface area contributed by atoms with Gasteiger partial charge in [-0.2, -0.15) is 5.10 Å². The summed E-state index contributed by atoms with van der Waals surface area (Å²) in [6.07, 6.45) is 3.64. The highest BCUT2D eigenvalue weighted by Gasteiger charge is 2.14. The number of aromatic nitrogens is 2. The molecule has 2 atom stereocenters. The molecule has 0 fully saturated rings. The van der Waals surface area contributed by atoms with Crippen molar-refractivity contribution >= 4 is 0 Å². The highest BCUT2D eigenvalue weighted by molar-refractivity contribution is 5.27. The molecular weight excluding hydrogens is 267 g/mol. The second-order valence-electron chi connectivity index (χ2n) is 5.53. The second-order valence-corrected chi connectivity index (χ2v) is 5.53. The number of rotatable bonds is 6. The first-order valence-electron chi connectivity index (χ1n) is 7.30. The first kappa shape index (κ1) is 15.7. The maximum atomic E-state index is 13.5. The van der Waals surface area contributed by atoms with Crippen LogP contribution in [0.5, 0.6) is 0 Å². The van der Waals surface area contributed by atoms with E-state index in [1.54, 1.807) is 0 Å². The minimum absolute atomic E-state index is 0.153. The Bertz CT molecular complexity index is 573. The Morgan fingerprint density at radius 1 is 1.38 bits per heavy atom. The molecule has 1 heterocycles. The van der Waals surface area contributed by atoms with Crippen molar-refractivity contribution in [3.63, 3.8) is 0 Å². The minimum Gasteiger partial charge on any atom is -0.271 e. The summed E-state index contributed by atoms with van der Waals surface area (Å²) in [5.74, 6) is 5.40. The van der Waals surface area contributed by atoms with Crippen LogP contribution in [0.15, 0.2) is 30.5 Å². The molecular formula is C16H23FN4. The number of hydrazine groups is 1. The van der Waals surface area contributed by atoms with E-state index in [2.05, 4.69) is 24.4 Å². The van der Waals surface area contributed by atoms with E-state index in [1.165, 1.54) is 12.1 Å². The maximum absolute atomic E-state index is 13.5. The third-order valence-corrected chi connectivity index (χ3v) is 3.79. The van der Waals surface area contributed by atoms with Gasteiger partial charge < -0.3 is 0 Å². The van der Waals surface area contributed by atoms with Crippen molar-refractivity contribution in [2.24, 2.45) is 5.84 Å². The summed E-state index contributed by atoms with van der Waals surface area (Å²) in [6.45, 7) is 6.13. The molecule has 1 aromatic carbocycles. The largest absolute Gasteiger partial charge is 0.271 e. The molecule has 4 nitrogen and oxygen atoms in total. The number of halogens is 1. The summed E-state index contributed by atoms with van der Waals surface area (Å²) in [4.78, 5) is 0. The van der Waals surface area contributed by atoms with Crippen LogP contribution in [0.4, 0.5) is 4.39 Å². The van der Waals surface area contributed by atoms with Crippen molar-refractivity contribution in [2.45, 2.75) is 45.7 Å². The van der Waals surface area contributed by atoms with Gasteiger partial charge in [0.15, 0.2) is 0 Å². The molecule has 0 bridgehead atoms. The predicted octanol–water partition coefficient (Wildman–Crippen LogP) is 3.05. The fourth-order valence-electron chi connectivity index (χ4n) is 2.37. The number of nitrogens with one attached hydrogen (secondary N) is 1. The highest BCUT2D eigenvalue weighted by atomic mass is 19.1. The van der Waals surface area contributed by atoms with Crippen LogP contribution < -0.4 is 11.3 Å². The van der Waals surface area contributed by atoms with Gasteiger partial charge in [0.05, 0.1) is 11.7 Å². The van der Waals surface area contributed by atoms with E-state index >= 15 is 0 Å². The third kappa shape index (κ3) is 3.89. The lowest BCUT2D eigenvalue weighted by molar-refractivity contribution is 0.466. The molecule has 0 spiro atoms. The maximum Gasteiger partial charge on any atom is 0.123 e. The van der Waals surface area contributed by atoms with Crippen LogP contribution in [0.3, 0.4) is 0 Å². The molecule has 3 N–H and O–H groups in total. The van der Waals surface area contributed by atoms with Gasteiger partial charge in [-0.15, -0.1) is 0 Å². The number of nitrogens with two attached hydrogens (primary N) is 1. The van der Waals surface area contributed by atoms with Crippen molar-refractivity contribution in [1.82, 2.24) is 15.2 Å². The topological polar surface area (TPSA) is 55.9 Å². The van der Waals surface area contributed by atoms with Crippen molar-refractivity contribution in [3.8, 4) is 0 Å². The lowest BCUT2D eigenvalue weighted by Crippen LogP contribution is -2.30. The van der Waals surface area contributed by atoms with Crippen molar-refractivity contribution in [2.75, 3.05) is 0 Å². The molecule has 0 aliphatic carbocycles. The van der Waals surface area contributed by atoms with Gasteiger partial charge in [0.25, 0.3) is 0 Å². The summed E-state index contributed by atoms with van der Waals surface area (Å²) in [7, 11) is 0. The van der Waals surface area contributed by atoms with Crippen molar-refractivity contribution in [3.05, 3.63) is 53.1 Å². The number of benzene rings is 1. The van der Waals surface area contributed by atoms with Gasteiger partial charge in [-0.25, -0.2) is 4.39 Å². The van der Waals surface area contributed by atoms with Crippen molar-refractivity contribution in [1.29, 1.82) is 0 Å². The van der Waals surface area contributed by atoms with Crippen LogP contribution in [-0.4, -0.2) is 9.78 Å². The van der Waals surface area contributed by atoms with Gasteiger partial charge in [-0.05, 0) is 49.6 Å². The fourth-order valence-corrected chi connectivity index (χ4v) is 2.37. The normalized spacial score (nSPS) is 14.1. The standard InChI is InChI=1S/C16H23FN4/c1-4-12(3)21-6-5-15(20-21)10-16(19-18)13-7-11(2)8-14(17)9-13/h5-9,12,16,19H,4,10,18H2,1-3H3. The highest BCUT2D eigenvalue weighted by Crippen LogP contribution is 2.20. The molecule has 21 heavy (non-hydrogen) atoms. The molecule has 0 radical (unpaired) electrons. The van der Waals surface area contributed by atoms with Gasteiger partial charge in [0.2, 0.25) is 0 Å². The summed E-state index contributed by atoms with van der Waals surface area (Å²) in [6, 6.07) is 7.18. The predicted molar refractivity (Wildman–Crippen MR) is 82.1 cm³/mol. The first-order chi connectivity index (χ1) is 10.0. The van der Waals surface area contributed by atoms with E-state index in [1.807, 2.05) is 29.9 Å². The fraction of sp³-hybridized carbons (Fsp3) is 0.438. The third-order valence-electron chi connectivity index (χ3n) is 3.79. The molecule has 0 saturated carbocycles. The van der Waals surface area contributed by atoms with E-state index in [0.717, 1.165) is 23.2 Å². The van der Waals surface area contributed by atoms with E-state index in [9.17, 15) is 4.39 Å². The number of nitrogens with zero attached hydrogens (tertiary/aromatic N) is 2. The lowest BCUT2D eigenvalue weighted by atomic mass is 10.0. The van der Waals surface area contributed by atoms with Gasteiger partial charge in [-0.3, -0.25) is 16.0 Å². The molecule has 5 heteroatoms. The van der Waals surface area contributed by atoms with E-state index in [4.69, 9.17) is 5.84 Å². The van der Waals surface area contributed by atoms with Gasteiger partial charge in [0.1, 0.15) is 5.82 Å². The molecule has 1 aromatic heterocycles. The zero-order valence-electron chi connectivity index (χ0n) is 12.8. The smallest absolute Gasteiger partial charge is 0.123 e. The molecule has 0 aliphatic rings. The molecule has 0 saturated heterocycles. The second kappa shape index (κ2) is 6.83.